The van der Waals surface area contributed by atoms with Crippen molar-refractivity contribution in [1.82, 2.24) is 19.9 Å². The van der Waals surface area contributed by atoms with Crippen LogP contribution in [0.4, 0.5) is 0 Å². The van der Waals surface area contributed by atoms with Crippen LogP contribution in [-0.2, 0) is 0 Å². The van der Waals surface area contributed by atoms with Crippen molar-refractivity contribution >= 4 is 21.9 Å². The molecular weight excluding hydrogens is 264 g/mol. The lowest BCUT2D eigenvalue weighted by Gasteiger charge is -2.08. The molecule has 0 fully saturated rings. The Morgan fingerprint density at radius 2 is 1.90 bits per heavy atom. The Morgan fingerprint density at radius 1 is 1.10 bits per heavy atom. The highest BCUT2D eigenvalue weighted by molar-refractivity contribution is 5.90. The minimum Gasteiger partial charge on any atom is -0.496 e. The Morgan fingerprint density at radius 3 is 2.67 bits per heavy atom. The van der Waals surface area contributed by atoms with E-state index in [2.05, 4.69) is 38.1 Å². The summed E-state index contributed by atoms with van der Waals surface area (Å²) in [4.78, 5) is 15.9. The summed E-state index contributed by atoms with van der Waals surface area (Å²) < 4.78 is 5.51. The quantitative estimate of drug-likeness (QED) is 0.610. The largest absolute Gasteiger partial charge is 0.496 e. The molecule has 0 bridgehead atoms. The number of fused-ring (bicyclic) bond motifs is 2. The van der Waals surface area contributed by atoms with Gasteiger partial charge in [0.05, 0.1) is 18.9 Å². The van der Waals surface area contributed by atoms with Gasteiger partial charge >= 0.3 is 0 Å². The number of rotatable bonds is 2. The minimum absolute atomic E-state index is 0.648. The van der Waals surface area contributed by atoms with Crippen molar-refractivity contribution in [3.8, 4) is 17.1 Å². The average Bonchev–Trinajstić information content (AvgIpc) is 2.97. The highest BCUT2D eigenvalue weighted by Gasteiger charge is 2.12. The molecule has 102 valence electrons. The topological polar surface area (TPSA) is 63.7 Å². The zero-order valence-electron chi connectivity index (χ0n) is 11.4. The third kappa shape index (κ3) is 1.90. The summed E-state index contributed by atoms with van der Waals surface area (Å²) in [5, 5.41) is 2.27. The molecular formula is C16H12N4O. The Kier molecular flexibility index (Phi) is 2.57. The van der Waals surface area contributed by atoms with Gasteiger partial charge in [0.1, 0.15) is 23.4 Å². The van der Waals surface area contributed by atoms with E-state index < -0.39 is 0 Å². The van der Waals surface area contributed by atoms with Gasteiger partial charge in [-0.2, -0.15) is 0 Å². The molecule has 5 heteroatoms. The van der Waals surface area contributed by atoms with Gasteiger partial charge in [0.25, 0.3) is 0 Å². The van der Waals surface area contributed by atoms with E-state index in [4.69, 9.17) is 4.74 Å². The summed E-state index contributed by atoms with van der Waals surface area (Å²) in [5.74, 6) is 1.51. The molecule has 0 saturated carbocycles. The molecule has 0 atom stereocenters. The number of aromatic amines is 1. The van der Waals surface area contributed by atoms with Crippen molar-refractivity contribution in [3.05, 3.63) is 48.9 Å². The molecule has 0 aliphatic carbocycles. The Labute approximate surface area is 120 Å². The molecule has 5 nitrogen and oxygen atoms in total. The molecule has 2 heterocycles. The normalized spacial score (nSPS) is 11.1. The number of H-pyrrole nitrogens is 1. The van der Waals surface area contributed by atoms with Gasteiger partial charge in [-0.3, -0.25) is 0 Å². The first kappa shape index (κ1) is 11.8. The van der Waals surface area contributed by atoms with Crippen LogP contribution in [0.5, 0.6) is 5.75 Å². The number of ether oxygens (including phenoxy) is 1. The third-order valence-corrected chi connectivity index (χ3v) is 3.48. The number of hydrogen-bond acceptors (Lipinski definition) is 4. The molecule has 0 radical (unpaired) electrons. The fourth-order valence-electron chi connectivity index (χ4n) is 2.46. The van der Waals surface area contributed by atoms with E-state index in [0.29, 0.717) is 5.65 Å². The first-order valence-corrected chi connectivity index (χ1v) is 6.58. The smallest absolute Gasteiger partial charge is 0.181 e. The molecule has 4 aromatic rings. The average molecular weight is 276 g/mol. The van der Waals surface area contributed by atoms with Gasteiger partial charge in [0.2, 0.25) is 0 Å². The molecule has 1 N–H and O–H groups in total. The van der Waals surface area contributed by atoms with Crippen LogP contribution in [0.25, 0.3) is 33.3 Å². The molecule has 2 aromatic carbocycles. The lowest BCUT2D eigenvalue weighted by atomic mass is 10.1. The zero-order chi connectivity index (χ0) is 14.2. The minimum atomic E-state index is 0.648. The van der Waals surface area contributed by atoms with Crippen molar-refractivity contribution in [2.45, 2.75) is 0 Å². The number of benzene rings is 2. The van der Waals surface area contributed by atoms with Crippen LogP contribution in [0, 0.1) is 0 Å². The fraction of sp³-hybridized carbons (Fsp3) is 0.0625. The highest BCUT2D eigenvalue weighted by Crippen LogP contribution is 2.33. The number of hydrogen-bond donors (Lipinski definition) is 1. The van der Waals surface area contributed by atoms with Gasteiger partial charge in [0.15, 0.2) is 5.65 Å². The van der Waals surface area contributed by atoms with Crippen LogP contribution in [0.2, 0.25) is 0 Å². The van der Waals surface area contributed by atoms with Gasteiger partial charge in [-0.05, 0) is 22.9 Å². The predicted molar refractivity (Wildman–Crippen MR) is 81.2 cm³/mol. The molecule has 0 saturated heterocycles. The number of aromatic nitrogens is 4. The van der Waals surface area contributed by atoms with Crippen molar-refractivity contribution in [2.24, 2.45) is 0 Å². The van der Waals surface area contributed by atoms with E-state index in [1.807, 2.05) is 18.2 Å². The summed E-state index contributed by atoms with van der Waals surface area (Å²) in [6, 6.07) is 12.2. The number of methoxy groups -OCH3 is 1. The van der Waals surface area contributed by atoms with Gasteiger partial charge in [-0.1, -0.05) is 24.3 Å². The van der Waals surface area contributed by atoms with E-state index in [9.17, 15) is 0 Å². The first-order chi connectivity index (χ1) is 10.3. The Bertz CT molecular complexity index is 912. The number of imidazole rings is 1. The SMILES string of the molecule is COc1cc2ccccc2cc1-c1nc2ncncc2[nH]1. The Balaban J connectivity index is 1.99. The fourth-order valence-corrected chi connectivity index (χ4v) is 2.46. The highest BCUT2D eigenvalue weighted by atomic mass is 16.5. The second-order valence-electron chi connectivity index (χ2n) is 4.75. The lowest BCUT2D eigenvalue weighted by Crippen LogP contribution is -1.90. The van der Waals surface area contributed by atoms with E-state index in [1.165, 1.54) is 6.33 Å². The molecule has 0 aliphatic heterocycles. The van der Waals surface area contributed by atoms with Crippen LogP contribution < -0.4 is 4.74 Å². The van der Waals surface area contributed by atoms with E-state index >= 15 is 0 Å². The maximum Gasteiger partial charge on any atom is 0.181 e. The van der Waals surface area contributed by atoms with Crippen LogP contribution in [0.1, 0.15) is 0 Å². The molecule has 0 aliphatic rings. The molecule has 0 amide bonds. The zero-order valence-corrected chi connectivity index (χ0v) is 11.4. The molecule has 0 spiro atoms. The maximum atomic E-state index is 5.51. The lowest BCUT2D eigenvalue weighted by molar-refractivity contribution is 0.417. The van der Waals surface area contributed by atoms with Gasteiger partial charge in [-0.25, -0.2) is 15.0 Å². The monoisotopic (exact) mass is 276 g/mol. The van der Waals surface area contributed by atoms with E-state index in [-0.39, 0.29) is 0 Å². The first-order valence-electron chi connectivity index (χ1n) is 6.58. The standard InChI is InChI=1S/C16H12N4O/c1-21-14-7-11-5-3-2-4-10(11)6-12(14)15-19-13-8-17-9-18-16(13)20-15/h2-9H,1H3,(H,17,18,19,20). The van der Waals surface area contributed by atoms with E-state index in [0.717, 1.165) is 33.4 Å². The second kappa shape index (κ2) is 4.56. The van der Waals surface area contributed by atoms with Crippen molar-refractivity contribution in [1.29, 1.82) is 0 Å². The van der Waals surface area contributed by atoms with Gasteiger partial charge < -0.3 is 9.72 Å². The van der Waals surface area contributed by atoms with Crippen LogP contribution in [0.15, 0.2) is 48.9 Å². The number of nitrogens with zero attached hydrogens (tertiary/aromatic N) is 3. The van der Waals surface area contributed by atoms with Crippen LogP contribution in [0.3, 0.4) is 0 Å². The third-order valence-electron chi connectivity index (χ3n) is 3.48. The van der Waals surface area contributed by atoms with Gasteiger partial charge in [-0.15, -0.1) is 0 Å². The van der Waals surface area contributed by atoms with Crippen molar-refractivity contribution in [2.75, 3.05) is 7.11 Å². The van der Waals surface area contributed by atoms with Crippen LogP contribution >= 0.6 is 0 Å². The molecule has 21 heavy (non-hydrogen) atoms. The molecule has 2 aromatic heterocycles. The summed E-state index contributed by atoms with van der Waals surface area (Å²) in [5.41, 5.74) is 2.37. The van der Waals surface area contributed by atoms with Gasteiger partial charge in [0, 0.05) is 0 Å². The predicted octanol–water partition coefficient (Wildman–Crippen LogP) is 3.18. The summed E-state index contributed by atoms with van der Waals surface area (Å²) in [6.07, 6.45) is 3.21. The number of nitrogens with one attached hydrogen (secondary N) is 1. The van der Waals surface area contributed by atoms with E-state index in [1.54, 1.807) is 13.3 Å². The van der Waals surface area contributed by atoms with Crippen molar-refractivity contribution < 1.29 is 4.74 Å². The summed E-state index contributed by atoms with van der Waals surface area (Å²) >= 11 is 0. The second-order valence-corrected chi connectivity index (χ2v) is 4.75. The summed E-state index contributed by atoms with van der Waals surface area (Å²) in [6.45, 7) is 0. The Hall–Kier alpha value is -2.95. The maximum absolute atomic E-state index is 5.51. The molecule has 4 rings (SSSR count). The summed E-state index contributed by atoms with van der Waals surface area (Å²) in [7, 11) is 1.66. The molecule has 0 unspecified atom stereocenters. The van der Waals surface area contributed by atoms with Crippen LogP contribution in [-0.4, -0.2) is 27.0 Å². The van der Waals surface area contributed by atoms with Crippen molar-refractivity contribution in [3.63, 3.8) is 0 Å².